The van der Waals surface area contributed by atoms with Crippen LogP contribution in [0, 0.1) is 5.82 Å². The van der Waals surface area contributed by atoms with Crippen molar-refractivity contribution in [1.82, 2.24) is 14.8 Å². The number of ether oxygens (including phenoxy) is 1. The number of halogens is 3. The fourth-order valence-corrected chi connectivity index (χ4v) is 5.74. The summed E-state index contributed by atoms with van der Waals surface area (Å²) in [6.45, 7) is 4.14. The van der Waals surface area contributed by atoms with Gasteiger partial charge in [-0.15, -0.1) is 0 Å². The number of nitrogens with two attached hydrogens (primary N) is 1. The van der Waals surface area contributed by atoms with Crippen LogP contribution >= 0.6 is 23.2 Å². The average molecular weight is 557 g/mol. The van der Waals surface area contributed by atoms with E-state index < -0.39 is 5.82 Å². The van der Waals surface area contributed by atoms with Gasteiger partial charge in [-0.05, 0) is 74.7 Å². The summed E-state index contributed by atoms with van der Waals surface area (Å²) >= 11 is 12.0. The van der Waals surface area contributed by atoms with Crippen molar-refractivity contribution in [3.8, 4) is 16.9 Å². The van der Waals surface area contributed by atoms with Crippen molar-refractivity contribution in [3.63, 3.8) is 0 Å². The number of nitrogens with zero attached hydrogens (tertiary/aromatic N) is 3. The number of likely N-dealkylation sites (tertiary alicyclic amines) is 2. The largest absolute Gasteiger partial charge is 0.489 e. The van der Waals surface area contributed by atoms with Crippen molar-refractivity contribution in [2.24, 2.45) is 0 Å². The maximum absolute atomic E-state index is 14.3. The summed E-state index contributed by atoms with van der Waals surface area (Å²) in [4.78, 5) is 21.9. The SMILES string of the molecule is Nc1ncc(-c2ccc(C(=O)N3CCC(N4CCCC4)CC3)cc2)cc1OCCc1c(Cl)ccc(Cl)c1F. The predicted octanol–water partition coefficient (Wildman–Crippen LogP) is 6.10. The number of hydrogen-bond acceptors (Lipinski definition) is 5. The summed E-state index contributed by atoms with van der Waals surface area (Å²) in [6, 6.07) is 12.9. The van der Waals surface area contributed by atoms with Gasteiger partial charge >= 0.3 is 0 Å². The van der Waals surface area contributed by atoms with E-state index in [0.29, 0.717) is 27.9 Å². The third-order valence-corrected chi connectivity index (χ3v) is 8.15. The molecule has 0 radical (unpaired) electrons. The van der Waals surface area contributed by atoms with Crippen molar-refractivity contribution in [1.29, 1.82) is 0 Å². The molecule has 1 aromatic heterocycles. The summed E-state index contributed by atoms with van der Waals surface area (Å²) in [6.07, 6.45) is 6.55. The van der Waals surface area contributed by atoms with Crippen molar-refractivity contribution < 1.29 is 13.9 Å². The van der Waals surface area contributed by atoms with E-state index >= 15 is 0 Å². The van der Waals surface area contributed by atoms with E-state index in [1.807, 2.05) is 29.2 Å². The van der Waals surface area contributed by atoms with Gasteiger partial charge in [0, 0.05) is 53.5 Å². The van der Waals surface area contributed by atoms with Gasteiger partial charge in [-0.1, -0.05) is 35.3 Å². The molecule has 2 N–H and O–H groups in total. The van der Waals surface area contributed by atoms with E-state index in [4.69, 9.17) is 33.7 Å². The smallest absolute Gasteiger partial charge is 0.253 e. The molecule has 0 atom stereocenters. The van der Waals surface area contributed by atoms with Crippen LogP contribution in [-0.2, 0) is 6.42 Å². The Kier molecular flexibility index (Phi) is 8.36. The van der Waals surface area contributed by atoms with Crippen LogP contribution in [0.1, 0.15) is 41.6 Å². The van der Waals surface area contributed by atoms with Crippen LogP contribution in [0.4, 0.5) is 10.2 Å². The molecule has 3 heterocycles. The Morgan fingerprint density at radius 2 is 1.68 bits per heavy atom. The molecule has 5 rings (SSSR count). The molecule has 2 fully saturated rings. The van der Waals surface area contributed by atoms with E-state index in [0.717, 1.165) is 37.1 Å². The van der Waals surface area contributed by atoms with E-state index in [2.05, 4.69) is 9.88 Å². The fourth-order valence-electron chi connectivity index (χ4n) is 5.32. The van der Waals surface area contributed by atoms with Crippen molar-refractivity contribution in [3.05, 3.63) is 75.7 Å². The molecular formula is C29H31Cl2FN4O2. The molecule has 0 bridgehead atoms. The zero-order valence-electron chi connectivity index (χ0n) is 21.1. The summed E-state index contributed by atoms with van der Waals surface area (Å²) in [5.74, 6) is 0.147. The minimum absolute atomic E-state index is 0.0149. The number of benzene rings is 2. The van der Waals surface area contributed by atoms with Crippen LogP contribution in [-0.4, -0.2) is 59.5 Å². The van der Waals surface area contributed by atoms with Crippen LogP contribution < -0.4 is 10.5 Å². The fraction of sp³-hybridized carbons (Fsp3) is 0.379. The van der Waals surface area contributed by atoms with Gasteiger partial charge in [-0.25, -0.2) is 9.37 Å². The molecular weight excluding hydrogens is 526 g/mol. The van der Waals surface area contributed by atoms with Crippen LogP contribution in [0.15, 0.2) is 48.7 Å². The molecule has 6 nitrogen and oxygen atoms in total. The Morgan fingerprint density at radius 3 is 2.39 bits per heavy atom. The monoisotopic (exact) mass is 556 g/mol. The summed E-state index contributed by atoms with van der Waals surface area (Å²) < 4.78 is 20.1. The Balaban J connectivity index is 1.20. The number of nitrogen functional groups attached to an aromatic ring is 1. The standard InChI is InChI=1S/C29H31Cl2FN4O2/c30-24-7-8-25(31)27(32)23(24)11-16-38-26-17-21(18-34-28(26)33)19-3-5-20(6-4-19)29(37)36-14-9-22(10-15-36)35-12-1-2-13-35/h3-8,17-18,22H,1-2,9-16H2,(H2,33,34). The lowest BCUT2D eigenvalue weighted by Gasteiger charge is -2.36. The molecule has 9 heteroatoms. The van der Waals surface area contributed by atoms with Crippen molar-refractivity contribution in [2.75, 3.05) is 38.5 Å². The lowest BCUT2D eigenvalue weighted by atomic mass is 10.0. The number of aromatic nitrogens is 1. The zero-order chi connectivity index (χ0) is 26.6. The molecule has 2 aromatic carbocycles. The lowest BCUT2D eigenvalue weighted by molar-refractivity contribution is 0.0644. The van der Waals surface area contributed by atoms with Crippen LogP contribution in [0.2, 0.25) is 10.0 Å². The average Bonchev–Trinajstić information content (AvgIpc) is 3.49. The first-order valence-electron chi connectivity index (χ1n) is 13.0. The van der Waals surface area contributed by atoms with Crippen LogP contribution in [0.5, 0.6) is 5.75 Å². The Labute approximate surface area is 232 Å². The first kappa shape index (κ1) is 26.7. The number of carbonyl (C=O) groups is 1. The number of carbonyl (C=O) groups excluding carboxylic acids is 1. The van der Waals surface area contributed by atoms with E-state index in [9.17, 15) is 9.18 Å². The Morgan fingerprint density at radius 1 is 1.00 bits per heavy atom. The lowest BCUT2D eigenvalue weighted by Crippen LogP contribution is -2.45. The van der Waals surface area contributed by atoms with Gasteiger partial charge in [0.25, 0.3) is 5.91 Å². The highest BCUT2D eigenvalue weighted by atomic mass is 35.5. The molecule has 0 saturated carbocycles. The molecule has 38 heavy (non-hydrogen) atoms. The van der Waals surface area contributed by atoms with Gasteiger partial charge in [-0.2, -0.15) is 0 Å². The molecule has 0 unspecified atom stereocenters. The first-order chi connectivity index (χ1) is 18.4. The van der Waals surface area contributed by atoms with E-state index in [-0.39, 0.29) is 29.8 Å². The number of amides is 1. The van der Waals surface area contributed by atoms with Gasteiger partial charge in [0.2, 0.25) is 0 Å². The highest BCUT2D eigenvalue weighted by molar-refractivity contribution is 6.33. The molecule has 0 aliphatic carbocycles. The minimum Gasteiger partial charge on any atom is -0.489 e. The van der Waals surface area contributed by atoms with Crippen molar-refractivity contribution >= 4 is 34.9 Å². The van der Waals surface area contributed by atoms with Gasteiger partial charge in [0.15, 0.2) is 11.6 Å². The number of anilines is 1. The highest BCUT2D eigenvalue weighted by Crippen LogP contribution is 2.30. The number of hydrogen-bond donors (Lipinski definition) is 1. The minimum atomic E-state index is -0.548. The topological polar surface area (TPSA) is 71.7 Å². The zero-order valence-corrected chi connectivity index (χ0v) is 22.6. The highest BCUT2D eigenvalue weighted by Gasteiger charge is 2.28. The number of rotatable bonds is 7. The molecule has 200 valence electrons. The molecule has 3 aromatic rings. The first-order valence-corrected chi connectivity index (χ1v) is 13.8. The third kappa shape index (κ3) is 5.90. The number of piperidine rings is 1. The van der Waals surface area contributed by atoms with Crippen LogP contribution in [0.3, 0.4) is 0 Å². The van der Waals surface area contributed by atoms with Gasteiger partial charge in [-0.3, -0.25) is 4.79 Å². The second-order valence-corrected chi connectivity index (χ2v) is 10.7. The van der Waals surface area contributed by atoms with Gasteiger partial charge < -0.3 is 20.3 Å². The normalized spacial score (nSPS) is 16.7. The molecule has 2 aliphatic rings. The van der Waals surface area contributed by atoms with Crippen molar-refractivity contribution in [2.45, 2.75) is 38.1 Å². The number of pyridine rings is 1. The third-order valence-electron chi connectivity index (χ3n) is 7.50. The molecule has 0 spiro atoms. The summed E-state index contributed by atoms with van der Waals surface area (Å²) in [7, 11) is 0. The van der Waals surface area contributed by atoms with Gasteiger partial charge in [0.05, 0.1) is 11.6 Å². The second-order valence-electron chi connectivity index (χ2n) is 9.87. The summed E-state index contributed by atoms with van der Waals surface area (Å²) in [5.41, 5.74) is 8.67. The Hall–Kier alpha value is -2.87. The predicted molar refractivity (Wildman–Crippen MR) is 149 cm³/mol. The maximum Gasteiger partial charge on any atom is 0.253 e. The van der Waals surface area contributed by atoms with E-state index in [1.54, 1.807) is 18.3 Å². The summed E-state index contributed by atoms with van der Waals surface area (Å²) in [5, 5.41) is 0.307. The Bertz CT molecular complexity index is 1290. The van der Waals surface area contributed by atoms with Crippen LogP contribution in [0.25, 0.3) is 11.1 Å². The molecule has 1 amide bonds. The van der Waals surface area contributed by atoms with Gasteiger partial charge in [0.1, 0.15) is 5.82 Å². The molecule has 2 aliphatic heterocycles. The maximum atomic E-state index is 14.3. The quantitative estimate of drug-likeness (QED) is 0.356. The second kappa shape index (κ2) is 11.9. The van der Waals surface area contributed by atoms with E-state index in [1.165, 1.54) is 32.0 Å². The molecule has 2 saturated heterocycles.